The smallest absolute Gasteiger partial charge is 0.238 e. The molecule has 0 spiro atoms. The Morgan fingerprint density at radius 2 is 1.63 bits per heavy atom. The van der Waals surface area contributed by atoms with Gasteiger partial charge in [0.05, 0.1) is 18.8 Å². The van der Waals surface area contributed by atoms with E-state index in [0.717, 1.165) is 23.8 Å². The van der Waals surface area contributed by atoms with Crippen LogP contribution < -0.4 is 10.6 Å². The third-order valence-electron chi connectivity index (χ3n) is 3.86. The van der Waals surface area contributed by atoms with Crippen molar-refractivity contribution in [1.29, 1.82) is 0 Å². The standard InChI is InChI=1S/C19H20ClF2N3O2/c1-3-25(10-18(26)23-16-8-13(20)5-4-12(16)2)11-19(27)24-17-9-14(21)6-7-15(17)22/h4-9H,3,10-11H2,1-2H3,(H,23,26)(H,24,27). The molecule has 5 nitrogen and oxygen atoms in total. The molecule has 0 aliphatic rings. The van der Waals surface area contributed by atoms with E-state index in [2.05, 4.69) is 10.6 Å². The van der Waals surface area contributed by atoms with E-state index in [-0.39, 0.29) is 24.7 Å². The lowest BCUT2D eigenvalue weighted by Crippen LogP contribution is -2.38. The molecule has 0 heterocycles. The number of aryl methyl sites for hydroxylation is 1. The zero-order chi connectivity index (χ0) is 20.0. The Balaban J connectivity index is 1.94. The highest BCUT2D eigenvalue weighted by Gasteiger charge is 2.15. The number of likely N-dealkylation sites (N-methyl/N-ethyl adjacent to an activating group) is 1. The number of halogens is 3. The highest BCUT2D eigenvalue weighted by Crippen LogP contribution is 2.20. The summed E-state index contributed by atoms with van der Waals surface area (Å²) in [5.74, 6) is -2.25. The number of nitrogens with one attached hydrogen (secondary N) is 2. The van der Waals surface area contributed by atoms with Gasteiger partial charge in [-0.15, -0.1) is 0 Å². The number of anilines is 2. The first kappa shape index (κ1) is 20.8. The lowest BCUT2D eigenvalue weighted by Gasteiger charge is -2.20. The van der Waals surface area contributed by atoms with Crippen LogP contribution in [-0.4, -0.2) is 36.3 Å². The molecule has 2 aromatic carbocycles. The molecule has 8 heteroatoms. The van der Waals surface area contributed by atoms with Crippen LogP contribution in [0, 0.1) is 18.6 Å². The largest absolute Gasteiger partial charge is 0.325 e. The van der Waals surface area contributed by atoms with E-state index in [4.69, 9.17) is 11.6 Å². The second-order valence-electron chi connectivity index (χ2n) is 5.98. The number of rotatable bonds is 7. The van der Waals surface area contributed by atoms with Gasteiger partial charge in [-0.1, -0.05) is 24.6 Å². The van der Waals surface area contributed by atoms with Crippen LogP contribution in [0.1, 0.15) is 12.5 Å². The van der Waals surface area contributed by atoms with Crippen molar-refractivity contribution in [2.45, 2.75) is 13.8 Å². The number of amides is 2. The lowest BCUT2D eigenvalue weighted by atomic mass is 10.2. The summed E-state index contributed by atoms with van der Waals surface area (Å²) in [5, 5.41) is 5.56. The van der Waals surface area contributed by atoms with E-state index in [0.29, 0.717) is 17.3 Å². The quantitative estimate of drug-likeness (QED) is 0.749. The SMILES string of the molecule is CCN(CC(=O)Nc1cc(Cl)ccc1C)CC(=O)Nc1cc(F)ccc1F. The van der Waals surface area contributed by atoms with Gasteiger partial charge >= 0.3 is 0 Å². The monoisotopic (exact) mass is 395 g/mol. The minimum atomic E-state index is -0.734. The van der Waals surface area contributed by atoms with Gasteiger partial charge in [0.25, 0.3) is 0 Å². The summed E-state index contributed by atoms with van der Waals surface area (Å²) in [7, 11) is 0. The van der Waals surface area contributed by atoms with Crippen molar-refractivity contribution >= 4 is 34.8 Å². The lowest BCUT2D eigenvalue weighted by molar-refractivity contribution is -0.119. The number of hydrogen-bond acceptors (Lipinski definition) is 3. The van der Waals surface area contributed by atoms with Gasteiger partial charge in [0, 0.05) is 16.8 Å². The fourth-order valence-electron chi connectivity index (χ4n) is 2.39. The van der Waals surface area contributed by atoms with Crippen molar-refractivity contribution in [2.75, 3.05) is 30.3 Å². The maximum Gasteiger partial charge on any atom is 0.238 e. The van der Waals surface area contributed by atoms with Crippen LogP contribution in [0.5, 0.6) is 0 Å². The molecule has 0 saturated carbocycles. The first-order valence-corrected chi connectivity index (χ1v) is 8.69. The van der Waals surface area contributed by atoms with E-state index >= 15 is 0 Å². The molecule has 2 amide bonds. The Morgan fingerprint density at radius 1 is 1.00 bits per heavy atom. The fraction of sp³-hybridized carbons (Fsp3) is 0.263. The van der Waals surface area contributed by atoms with Gasteiger partial charge in [-0.2, -0.15) is 0 Å². The zero-order valence-electron chi connectivity index (χ0n) is 15.0. The van der Waals surface area contributed by atoms with Crippen molar-refractivity contribution < 1.29 is 18.4 Å². The van der Waals surface area contributed by atoms with E-state index in [9.17, 15) is 18.4 Å². The molecule has 0 aliphatic heterocycles. The molecule has 0 unspecified atom stereocenters. The molecular formula is C19H20ClF2N3O2. The predicted molar refractivity (Wildman–Crippen MR) is 102 cm³/mol. The predicted octanol–water partition coefficient (Wildman–Crippen LogP) is 3.83. The Morgan fingerprint density at radius 3 is 2.26 bits per heavy atom. The molecule has 0 saturated heterocycles. The first-order chi connectivity index (χ1) is 12.8. The first-order valence-electron chi connectivity index (χ1n) is 8.31. The Hall–Kier alpha value is -2.51. The summed E-state index contributed by atoms with van der Waals surface area (Å²) in [6, 6.07) is 7.95. The minimum Gasteiger partial charge on any atom is -0.325 e. The van der Waals surface area contributed by atoms with Crippen LogP contribution in [0.3, 0.4) is 0 Å². The highest BCUT2D eigenvalue weighted by atomic mass is 35.5. The van der Waals surface area contributed by atoms with E-state index in [1.807, 2.05) is 6.92 Å². The van der Waals surface area contributed by atoms with Gasteiger partial charge in [0.15, 0.2) is 0 Å². The van der Waals surface area contributed by atoms with Gasteiger partial charge in [0.1, 0.15) is 11.6 Å². The maximum absolute atomic E-state index is 13.6. The van der Waals surface area contributed by atoms with Gasteiger partial charge < -0.3 is 10.6 Å². The molecular weight excluding hydrogens is 376 g/mol. The third-order valence-corrected chi connectivity index (χ3v) is 4.09. The molecule has 0 radical (unpaired) electrons. The molecule has 27 heavy (non-hydrogen) atoms. The average molecular weight is 396 g/mol. The molecule has 2 aromatic rings. The van der Waals surface area contributed by atoms with Crippen LogP contribution in [0.2, 0.25) is 5.02 Å². The minimum absolute atomic E-state index is 0.0402. The molecule has 144 valence electrons. The summed E-state index contributed by atoms with van der Waals surface area (Å²) >= 11 is 5.93. The highest BCUT2D eigenvalue weighted by molar-refractivity contribution is 6.31. The number of carbonyl (C=O) groups is 2. The van der Waals surface area contributed by atoms with Crippen LogP contribution in [-0.2, 0) is 9.59 Å². The summed E-state index contributed by atoms with van der Waals surface area (Å²) in [4.78, 5) is 25.9. The number of hydrogen-bond donors (Lipinski definition) is 2. The van der Waals surface area contributed by atoms with Crippen molar-refractivity contribution in [3.8, 4) is 0 Å². The van der Waals surface area contributed by atoms with Gasteiger partial charge in [-0.25, -0.2) is 8.78 Å². The normalized spacial score (nSPS) is 10.7. The summed E-state index contributed by atoms with van der Waals surface area (Å²) < 4.78 is 26.8. The second kappa shape index (κ2) is 9.43. The number of benzene rings is 2. The van der Waals surface area contributed by atoms with E-state index in [1.54, 1.807) is 30.0 Å². The van der Waals surface area contributed by atoms with E-state index in [1.165, 1.54) is 0 Å². The molecule has 0 aromatic heterocycles. The Kier molecular flexibility index (Phi) is 7.27. The summed E-state index contributed by atoms with van der Waals surface area (Å²) in [5.41, 5.74) is 1.21. The zero-order valence-corrected chi connectivity index (χ0v) is 15.7. The second-order valence-corrected chi connectivity index (χ2v) is 6.42. The Labute approximate surface area is 161 Å². The third kappa shape index (κ3) is 6.30. The van der Waals surface area contributed by atoms with E-state index < -0.39 is 17.5 Å². The van der Waals surface area contributed by atoms with Gasteiger partial charge in [0.2, 0.25) is 11.8 Å². The van der Waals surface area contributed by atoms with Crippen molar-refractivity contribution in [2.24, 2.45) is 0 Å². The van der Waals surface area contributed by atoms with Crippen LogP contribution in [0.15, 0.2) is 36.4 Å². The summed E-state index contributed by atoms with van der Waals surface area (Å²) in [6.45, 7) is 3.86. The number of carbonyl (C=O) groups excluding carboxylic acids is 2. The molecule has 2 N–H and O–H groups in total. The van der Waals surface area contributed by atoms with Crippen molar-refractivity contribution in [3.05, 3.63) is 58.6 Å². The van der Waals surface area contributed by atoms with Gasteiger partial charge in [-0.3, -0.25) is 14.5 Å². The average Bonchev–Trinajstić information content (AvgIpc) is 2.60. The fourth-order valence-corrected chi connectivity index (χ4v) is 2.56. The van der Waals surface area contributed by atoms with Gasteiger partial charge in [-0.05, 0) is 43.3 Å². The molecule has 0 aliphatic carbocycles. The van der Waals surface area contributed by atoms with Crippen molar-refractivity contribution in [1.82, 2.24) is 4.90 Å². The Bertz CT molecular complexity index is 778. The van der Waals surface area contributed by atoms with Crippen LogP contribution in [0.25, 0.3) is 0 Å². The van der Waals surface area contributed by atoms with Crippen LogP contribution >= 0.6 is 11.6 Å². The summed E-state index contributed by atoms with van der Waals surface area (Å²) in [6.07, 6.45) is 0. The molecule has 2 rings (SSSR count). The topological polar surface area (TPSA) is 61.4 Å². The van der Waals surface area contributed by atoms with Crippen molar-refractivity contribution in [3.63, 3.8) is 0 Å². The number of nitrogens with zero attached hydrogens (tertiary/aromatic N) is 1. The molecule has 0 fully saturated rings. The maximum atomic E-state index is 13.6. The molecule has 0 bridgehead atoms. The molecule has 0 atom stereocenters. The van der Waals surface area contributed by atoms with Crippen LogP contribution in [0.4, 0.5) is 20.2 Å².